The molecule has 0 bridgehead atoms. The van der Waals surface area contributed by atoms with Crippen LogP contribution in [-0.4, -0.2) is 23.7 Å². The zero-order valence-corrected chi connectivity index (χ0v) is 8.79. The lowest BCUT2D eigenvalue weighted by atomic mass is 10.5. The van der Waals surface area contributed by atoms with Crippen LogP contribution in [0.5, 0.6) is 0 Å². The van der Waals surface area contributed by atoms with Crippen LogP contribution in [0.4, 0.5) is 0 Å². The second-order valence-corrected chi connectivity index (χ2v) is 2.12. The number of carboxylic acids is 1. The van der Waals surface area contributed by atoms with E-state index in [1.807, 2.05) is 5.92 Å². The molecule has 0 rings (SSSR count). The van der Waals surface area contributed by atoms with E-state index in [-0.39, 0.29) is 5.97 Å². The van der Waals surface area contributed by atoms with E-state index in [9.17, 15) is 9.59 Å². The Kier molecular flexibility index (Phi) is 12.3. The molecule has 0 aromatic heterocycles. The van der Waals surface area contributed by atoms with E-state index in [0.717, 1.165) is 0 Å². The molecular weight excluding hydrogens is 184 g/mol. The number of rotatable bonds is 2. The van der Waals surface area contributed by atoms with E-state index in [2.05, 4.69) is 10.7 Å². The number of hydrogen-bond acceptors (Lipinski definition) is 3. The molecule has 4 nitrogen and oxygen atoms in total. The van der Waals surface area contributed by atoms with Crippen LogP contribution in [0.3, 0.4) is 0 Å². The second-order valence-electron chi connectivity index (χ2n) is 2.12. The number of carboxylic acid groups (broad SMARTS) is 1. The zero-order valence-electron chi connectivity index (χ0n) is 8.79. The number of carbonyl (C=O) groups is 2. The maximum absolute atomic E-state index is 10.2. The fourth-order valence-electron chi connectivity index (χ4n) is 0.427. The van der Waals surface area contributed by atoms with Crippen molar-refractivity contribution >= 4 is 11.9 Å². The normalized spacial score (nSPS) is 7.36. The molecule has 80 valence electrons. The van der Waals surface area contributed by atoms with E-state index in [1.54, 1.807) is 20.8 Å². The summed E-state index contributed by atoms with van der Waals surface area (Å²) in [5.41, 5.74) is 0. The Morgan fingerprint density at radius 2 is 1.86 bits per heavy atom. The predicted octanol–water partition coefficient (Wildman–Crippen LogP) is 1.44. The van der Waals surface area contributed by atoms with Crippen LogP contribution < -0.4 is 0 Å². The highest BCUT2D eigenvalue weighted by atomic mass is 16.5. The van der Waals surface area contributed by atoms with Crippen molar-refractivity contribution in [3.8, 4) is 11.8 Å². The molecule has 0 aromatic carbocycles. The zero-order chi connectivity index (χ0) is 11.4. The van der Waals surface area contributed by atoms with Crippen molar-refractivity contribution in [2.45, 2.75) is 33.6 Å². The molecule has 4 heteroatoms. The van der Waals surface area contributed by atoms with Crippen molar-refractivity contribution in [3.05, 3.63) is 0 Å². The lowest BCUT2D eigenvalue weighted by molar-refractivity contribution is -0.142. The van der Waals surface area contributed by atoms with Crippen molar-refractivity contribution in [2.75, 3.05) is 6.61 Å². The molecule has 0 spiro atoms. The highest BCUT2D eigenvalue weighted by molar-refractivity contribution is 5.86. The van der Waals surface area contributed by atoms with Crippen molar-refractivity contribution in [3.63, 3.8) is 0 Å². The van der Waals surface area contributed by atoms with Gasteiger partial charge in [0.15, 0.2) is 0 Å². The summed E-state index contributed by atoms with van der Waals surface area (Å²) in [6.45, 7) is 5.87. The van der Waals surface area contributed by atoms with E-state index in [0.29, 0.717) is 19.4 Å². The molecule has 0 fully saturated rings. The minimum Gasteiger partial charge on any atom is -0.472 e. The van der Waals surface area contributed by atoms with Crippen LogP contribution in [0.25, 0.3) is 0 Å². The molecular formula is C10H16O4. The van der Waals surface area contributed by atoms with Gasteiger partial charge in [-0.3, -0.25) is 4.79 Å². The predicted molar refractivity (Wildman–Crippen MR) is 52.6 cm³/mol. The Bertz CT molecular complexity index is 222. The summed E-state index contributed by atoms with van der Waals surface area (Å²) in [7, 11) is 0. The van der Waals surface area contributed by atoms with Gasteiger partial charge in [-0.05, 0) is 6.92 Å². The Morgan fingerprint density at radius 3 is 2.00 bits per heavy atom. The molecule has 0 radical (unpaired) electrons. The minimum absolute atomic E-state index is 0.123. The molecule has 0 aromatic rings. The fourth-order valence-corrected chi connectivity index (χ4v) is 0.427. The molecule has 1 N–H and O–H groups in total. The molecule has 0 saturated heterocycles. The molecule has 0 amide bonds. The third-order valence-electron chi connectivity index (χ3n) is 0.966. The van der Waals surface area contributed by atoms with Gasteiger partial charge in [0.1, 0.15) is 0 Å². The molecule has 0 unspecified atom stereocenters. The van der Waals surface area contributed by atoms with Crippen molar-refractivity contribution in [1.82, 2.24) is 0 Å². The first-order chi connectivity index (χ1) is 6.58. The lowest BCUT2D eigenvalue weighted by Gasteiger charge is -1.93. The van der Waals surface area contributed by atoms with Crippen LogP contribution in [0.15, 0.2) is 0 Å². The third-order valence-corrected chi connectivity index (χ3v) is 0.966. The van der Waals surface area contributed by atoms with Crippen LogP contribution in [0, 0.1) is 11.8 Å². The smallest absolute Gasteiger partial charge is 0.381 e. The van der Waals surface area contributed by atoms with Gasteiger partial charge in [-0.2, -0.15) is 0 Å². The van der Waals surface area contributed by atoms with Gasteiger partial charge < -0.3 is 9.84 Å². The summed E-state index contributed by atoms with van der Waals surface area (Å²) in [6, 6.07) is 0. The van der Waals surface area contributed by atoms with Crippen molar-refractivity contribution in [1.29, 1.82) is 0 Å². The first kappa shape index (κ1) is 15.0. The Hall–Kier alpha value is -1.50. The van der Waals surface area contributed by atoms with Crippen LogP contribution >= 0.6 is 0 Å². The van der Waals surface area contributed by atoms with Gasteiger partial charge in [0.2, 0.25) is 0 Å². The monoisotopic (exact) mass is 200 g/mol. The van der Waals surface area contributed by atoms with Gasteiger partial charge in [-0.25, -0.2) is 4.79 Å². The van der Waals surface area contributed by atoms with E-state index < -0.39 is 5.97 Å². The van der Waals surface area contributed by atoms with Crippen molar-refractivity contribution in [2.24, 2.45) is 0 Å². The number of esters is 1. The van der Waals surface area contributed by atoms with Crippen LogP contribution in [0.1, 0.15) is 33.6 Å². The molecule has 0 aliphatic heterocycles. The first-order valence-electron chi connectivity index (χ1n) is 4.45. The largest absolute Gasteiger partial charge is 0.472 e. The minimum atomic E-state index is -1.05. The van der Waals surface area contributed by atoms with Gasteiger partial charge in [0.05, 0.1) is 6.61 Å². The van der Waals surface area contributed by atoms with Crippen LogP contribution in [-0.2, 0) is 14.3 Å². The average molecular weight is 200 g/mol. The topological polar surface area (TPSA) is 63.6 Å². The van der Waals surface area contributed by atoms with E-state index in [4.69, 9.17) is 5.11 Å². The van der Waals surface area contributed by atoms with Crippen LogP contribution in [0.2, 0.25) is 0 Å². The second kappa shape index (κ2) is 11.5. The molecule has 0 aliphatic carbocycles. The van der Waals surface area contributed by atoms with Gasteiger partial charge in [0.25, 0.3) is 0 Å². The first-order valence-corrected chi connectivity index (χ1v) is 4.45. The summed E-state index contributed by atoms with van der Waals surface area (Å²) < 4.78 is 4.55. The fraction of sp³-hybridized carbons (Fsp3) is 0.600. The van der Waals surface area contributed by atoms with Gasteiger partial charge in [-0.15, -0.1) is 0 Å². The van der Waals surface area contributed by atoms with E-state index in [1.165, 1.54) is 0 Å². The Morgan fingerprint density at radius 1 is 1.29 bits per heavy atom. The standard InChI is InChI=1S/C5H10O2.C5H6O2/c1-3-5(6)7-4-2;1-2-3-4-5(6)7/h3-4H2,1-2H3;2H2,1H3,(H,6,7). The van der Waals surface area contributed by atoms with Gasteiger partial charge in [0, 0.05) is 18.8 Å². The summed E-state index contributed by atoms with van der Waals surface area (Å²) >= 11 is 0. The molecule has 14 heavy (non-hydrogen) atoms. The summed E-state index contributed by atoms with van der Waals surface area (Å²) in [5.74, 6) is 3.18. The molecule has 0 saturated carbocycles. The Labute approximate surface area is 84.3 Å². The summed E-state index contributed by atoms with van der Waals surface area (Å²) in [6.07, 6.45) is 1.08. The lowest BCUT2D eigenvalue weighted by Crippen LogP contribution is -2.00. The van der Waals surface area contributed by atoms with Crippen molar-refractivity contribution < 1.29 is 19.4 Å². The Balaban J connectivity index is 0. The number of hydrogen-bond donors (Lipinski definition) is 1. The summed E-state index contributed by atoms with van der Waals surface area (Å²) in [4.78, 5) is 19.8. The summed E-state index contributed by atoms with van der Waals surface area (Å²) in [5, 5.41) is 7.87. The number of aliphatic carboxylic acids is 1. The quantitative estimate of drug-likeness (QED) is 0.541. The van der Waals surface area contributed by atoms with E-state index >= 15 is 0 Å². The highest BCUT2D eigenvalue weighted by Gasteiger charge is 1.91. The number of ether oxygens (including phenoxy) is 1. The maximum Gasteiger partial charge on any atom is 0.381 e. The molecule has 0 heterocycles. The molecule has 0 atom stereocenters. The van der Waals surface area contributed by atoms with Gasteiger partial charge in [-0.1, -0.05) is 19.8 Å². The third kappa shape index (κ3) is 16.8. The number of carbonyl (C=O) groups excluding carboxylic acids is 1. The average Bonchev–Trinajstić information content (AvgIpc) is 2.16. The molecule has 0 aliphatic rings. The highest BCUT2D eigenvalue weighted by Crippen LogP contribution is 1.80. The SMILES string of the molecule is CCC#CC(=O)O.CCOC(=O)CC. The van der Waals surface area contributed by atoms with Gasteiger partial charge >= 0.3 is 11.9 Å². The maximum atomic E-state index is 10.2.